The topological polar surface area (TPSA) is 94.6 Å². The van der Waals surface area contributed by atoms with Crippen molar-refractivity contribution in [1.82, 2.24) is 15.3 Å². The Kier molecular flexibility index (Phi) is 6.80. The van der Waals surface area contributed by atoms with Crippen molar-refractivity contribution >= 4 is 34.4 Å². The maximum Gasteiger partial charge on any atom is 0.235 e. The van der Waals surface area contributed by atoms with Crippen LogP contribution in [0.2, 0.25) is 0 Å². The molecule has 0 bridgehead atoms. The minimum Gasteiger partial charge on any atom is -0.497 e. The fourth-order valence-corrected chi connectivity index (χ4v) is 4.80. The highest BCUT2D eigenvalue weighted by Crippen LogP contribution is 2.31. The van der Waals surface area contributed by atoms with Crippen molar-refractivity contribution in [2.45, 2.75) is 36.4 Å². The molecule has 1 fully saturated rings. The van der Waals surface area contributed by atoms with Gasteiger partial charge in [-0.25, -0.2) is 9.37 Å². The highest BCUT2D eigenvalue weighted by Gasteiger charge is 2.23. The Hall–Kier alpha value is -2.95. The van der Waals surface area contributed by atoms with E-state index in [4.69, 9.17) is 14.2 Å². The van der Waals surface area contributed by atoms with Crippen molar-refractivity contribution in [3.05, 3.63) is 48.0 Å². The zero-order valence-electron chi connectivity index (χ0n) is 18.7. The molecule has 3 aromatic rings. The summed E-state index contributed by atoms with van der Waals surface area (Å²) in [4.78, 5) is 21.3. The van der Waals surface area contributed by atoms with E-state index in [1.807, 2.05) is 12.1 Å². The molecule has 0 aliphatic carbocycles. The van der Waals surface area contributed by atoms with Crippen LogP contribution in [0.3, 0.4) is 0 Å². The number of methoxy groups -OCH3 is 1. The number of carbonyl (C=O) groups is 1. The maximum absolute atomic E-state index is 14.3. The summed E-state index contributed by atoms with van der Waals surface area (Å²) in [7, 11) is 1.50. The number of carbonyl (C=O) groups excluding carboxylic acids is 1. The molecule has 178 valence electrons. The SMILES string of the molecule is COc1cc(F)c2nccc(OCC3CCC(NCc4ccc5c(n4)NC(=O)CS5)CO3)c2c1. The average molecular weight is 485 g/mol. The van der Waals surface area contributed by atoms with E-state index in [1.54, 1.807) is 12.1 Å². The van der Waals surface area contributed by atoms with E-state index in [0.29, 0.717) is 48.2 Å². The Morgan fingerprint density at radius 1 is 1.29 bits per heavy atom. The Bertz CT molecular complexity index is 1200. The highest BCUT2D eigenvalue weighted by atomic mass is 32.2. The maximum atomic E-state index is 14.3. The van der Waals surface area contributed by atoms with E-state index >= 15 is 0 Å². The van der Waals surface area contributed by atoms with Gasteiger partial charge in [0.1, 0.15) is 29.4 Å². The first-order valence-corrected chi connectivity index (χ1v) is 12.1. The van der Waals surface area contributed by atoms with Crippen molar-refractivity contribution in [2.75, 3.05) is 31.4 Å². The summed E-state index contributed by atoms with van der Waals surface area (Å²) in [5, 5.41) is 6.88. The van der Waals surface area contributed by atoms with Crippen molar-refractivity contribution in [1.29, 1.82) is 0 Å². The summed E-state index contributed by atoms with van der Waals surface area (Å²) in [6, 6.07) is 8.94. The van der Waals surface area contributed by atoms with Crippen LogP contribution in [-0.4, -0.2) is 54.1 Å². The number of hydrogen-bond acceptors (Lipinski definition) is 8. The van der Waals surface area contributed by atoms with E-state index < -0.39 is 5.82 Å². The molecule has 1 aromatic carbocycles. The highest BCUT2D eigenvalue weighted by molar-refractivity contribution is 8.00. The zero-order chi connectivity index (χ0) is 23.5. The molecule has 2 aliphatic heterocycles. The molecule has 0 saturated carbocycles. The molecule has 2 aliphatic rings. The molecule has 1 amide bonds. The second-order valence-corrected chi connectivity index (χ2v) is 9.24. The first-order chi connectivity index (χ1) is 16.6. The molecular formula is C24H25FN4O4S. The molecule has 4 heterocycles. The lowest BCUT2D eigenvalue weighted by Crippen LogP contribution is -2.41. The van der Waals surface area contributed by atoms with Gasteiger partial charge < -0.3 is 24.8 Å². The molecule has 5 rings (SSSR count). The minimum atomic E-state index is -0.447. The fraction of sp³-hybridized carbons (Fsp3) is 0.375. The van der Waals surface area contributed by atoms with Gasteiger partial charge in [-0.05, 0) is 37.1 Å². The first kappa shape index (κ1) is 22.8. The lowest BCUT2D eigenvalue weighted by Gasteiger charge is -2.29. The van der Waals surface area contributed by atoms with Crippen LogP contribution in [0.25, 0.3) is 10.9 Å². The van der Waals surface area contributed by atoms with Crippen molar-refractivity contribution in [2.24, 2.45) is 0 Å². The zero-order valence-corrected chi connectivity index (χ0v) is 19.5. The second-order valence-electron chi connectivity index (χ2n) is 8.22. The van der Waals surface area contributed by atoms with Gasteiger partial charge in [0.2, 0.25) is 5.91 Å². The molecule has 8 nitrogen and oxygen atoms in total. The van der Waals surface area contributed by atoms with Crippen molar-refractivity contribution in [3.63, 3.8) is 0 Å². The standard InChI is InChI=1S/C24H25FN4O4S/c1-31-17-8-18-20(6-7-26-23(18)19(25)9-17)33-12-16-4-2-15(11-32-16)27-10-14-3-5-21-24(28-14)29-22(30)13-34-21/h3,5-9,15-16,27H,2,4,10-13H2,1H3,(H,28,29,30). The fourth-order valence-electron chi connectivity index (χ4n) is 4.04. The first-order valence-electron chi connectivity index (χ1n) is 11.1. The Morgan fingerprint density at radius 3 is 3.03 bits per heavy atom. The monoisotopic (exact) mass is 484 g/mol. The summed E-state index contributed by atoms with van der Waals surface area (Å²) in [6.45, 7) is 1.53. The number of thioether (sulfide) groups is 1. The van der Waals surface area contributed by atoms with Gasteiger partial charge in [0, 0.05) is 30.2 Å². The Balaban J connectivity index is 1.12. The van der Waals surface area contributed by atoms with Crippen LogP contribution in [0.5, 0.6) is 11.5 Å². The van der Waals surface area contributed by atoms with Gasteiger partial charge in [-0.1, -0.05) is 0 Å². The number of ether oxygens (including phenoxy) is 3. The van der Waals surface area contributed by atoms with Crippen LogP contribution >= 0.6 is 11.8 Å². The number of halogens is 1. The van der Waals surface area contributed by atoms with Gasteiger partial charge >= 0.3 is 0 Å². The van der Waals surface area contributed by atoms with E-state index in [1.165, 1.54) is 31.1 Å². The van der Waals surface area contributed by atoms with Crippen LogP contribution in [-0.2, 0) is 16.1 Å². The Morgan fingerprint density at radius 2 is 2.21 bits per heavy atom. The van der Waals surface area contributed by atoms with Gasteiger partial charge in [-0.3, -0.25) is 9.78 Å². The van der Waals surface area contributed by atoms with Crippen LogP contribution in [0, 0.1) is 5.82 Å². The van der Waals surface area contributed by atoms with Gasteiger partial charge in [-0.2, -0.15) is 0 Å². The molecule has 34 heavy (non-hydrogen) atoms. The molecule has 0 radical (unpaired) electrons. The third-order valence-electron chi connectivity index (χ3n) is 5.87. The van der Waals surface area contributed by atoms with Gasteiger partial charge in [0.05, 0.1) is 36.2 Å². The van der Waals surface area contributed by atoms with Crippen LogP contribution in [0.15, 0.2) is 41.4 Å². The van der Waals surface area contributed by atoms with Crippen LogP contribution < -0.4 is 20.1 Å². The molecule has 1 saturated heterocycles. The number of anilines is 1. The molecule has 2 N–H and O–H groups in total. The lowest BCUT2D eigenvalue weighted by atomic mass is 10.1. The minimum absolute atomic E-state index is 0.0203. The summed E-state index contributed by atoms with van der Waals surface area (Å²) < 4.78 is 31.5. The summed E-state index contributed by atoms with van der Waals surface area (Å²) in [5.74, 6) is 1.57. The number of pyridine rings is 2. The largest absolute Gasteiger partial charge is 0.497 e. The van der Waals surface area contributed by atoms with E-state index in [0.717, 1.165) is 23.4 Å². The second kappa shape index (κ2) is 10.1. The number of fused-ring (bicyclic) bond motifs is 2. The predicted octanol–water partition coefficient (Wildman–Crippen LogP) is 3.54. The molecule has 2 atom stereocenters. The van der Waals surface area contributed by atoms with Crippen molar-refractivity contribution in [3.8, 4) is 11.5 Å². The summed E-state index contributed by atoms with van der Waals surface area (Å²) in [6.07, 6.45) is 3.26. The normalized spacial score (nSPS) is 20.0. The number of nitrogens with zero attached hydrogens (tertiary/aromatic N) is 2. The summed E-state index contributed by atoms with van der Waals surface area (Å²) >= 11 is 1.50. The number of aromatic nitrogens is 2. The number of amides is 1. The van der Waals surface area contributed by atoms with Gasteiger partial charge in [0.15, 0.2) is 5.82 Å². The van der Waals surface area contributed by atoms with Crippen molar-refractivity contribution < 1.29 is 23.4 Å². The number of hydrogen-bond donors (Lipinski definition) is 2. The lowest BCUT2D eigenvalue weighted by molar-refractivity contribution is -0.113. The van der Waals surface area contributed by atoms with Gasteiger partial charge in [-0.15, -0.1) is 11.8 Å². The smallest absolute Gasteiger partial charge is 0.235 e. The van der Waals surface area contributed by atoms with E-state index in [2.05, 4.69) is 20.6 Å². The number of nitrogens with one attached hydrogen (secondary N) is 2. The third kappa shape index (κ3) is 5.08. The van der Waals surface area contributed by atoms with Gasteiger partial charge in [0.25, 0.3) is 0 Å². The molecule has 10 heteroatoms. The number of benzene rings is 1. The quantitative estimate of drug-likeness (QED) is 0.526. The summed E-state index contributed by atoms with van der Waals surface area (Å²) in [5.41, 5.74) is 1.13. The van der Waals surface area contributed by atoms with E-state index in [-0.39, 0.29) is 23.6 Å². The third-order valence-corrected chi connectivity index (χ3v) is 6.91. The molecular weight excluding hydrogens is 459 g/mol. The molecule has 2 aromatic heterocycles. The Labute approximate surface area is 200 Å². The van der Waals surface area contributed by atoms with Crippen LogP contribution in [0.1, 0.15) is 18.5 Å². The predicted molar refractivity (Wildman–Crippen MR) is 127 cm³/mol. The number of rotatable bonds is 7. The average Bonchev–Trinajstić information content (AvgIpc) is 2.86. The molecule has 2 unspecified atom stereocenters. The van der Waals surface area contributed by atoms with Crippen LogP contribution in [0.4, 0.5) is 10.2 Å². The molecule has 0 spiro atoms. The van der Waals surface area contributed by atoms with E-state index in [9.17, 15) is 9.18 Å².